The summed E-state index contributed by atoms with van der Waals surface area (Å²) in [5.74, 6) is 1.13. The van der Waals surface area contributed by atoms with Crippen molar-refractivity contribution in [2.75, 3.05) is 25.6 Å². The van der Waals surface area contributed by atoms with Gasteiger partial charge in [0.2, 0.25) is 5.95 Å². The van der Waals surface area contributed by atoms with E-state index in [1.165, 1.54) is 0 Å². The summed E-state index contributed by atoms with van der Waals surface area (Å²) in [5.41, 5.74) is 1.15. The molecule has 0 radical (unpaired) electrons. The number of nitrogens with one attached hydrogen (secondary N) is 1. The lowest BCUT2D eigenvalue weighted by molar-refractivity contribution is 0.210. The van der Waals surface area contributed by atoms with Crippen molar-refractivity contribution in [3.05, 3.63) is 18.0 Å². The Morgan fingerprint density at radius 3 is 2.50 bits per heavy atom. The van der Waals surface area contributed by atoms with Gasteiger partial charge in [-0.05, 0) is 11.5 Å². The molecule has 0 aliphatic heterocycles. The molecule has 78 valence electrons. The molecule has 4 nitrogen and oxygen atoms in total. The van der Waals surface area contributed by atoms with E-state index in [2.05, 4.69) is 29.1 Å². The van der Waals surface area contributed by atoms with E-state index < -0.39 is 0 Å². The van der Waals surface area contributed by atoms with Gasteiger partial charge in [0.15, 0.2) is 0 Å². The average molecular weight is 195 g/mol. The van der Waals surface area contributed by atoms with E-state index in [0.29, 0.717) is 18.5 Å². The first-order valence-corrected chi connectivity index (χ1v) is 4.78. The van der Waals surface area contributed by atoms with Crippen molar-refractivity contribution in [3.63, 3.8) is 0 Å². The molecule has 14 heavy (non-hydrogen) atoms. The molecule has 1 rings (SSSR count). The summed E-state index contributed by atoms with van der Waals surface area (Å²) >= 11 is 0. The molecule has 0 saturated heterocycles. The number of rotatable bonds is 5. The number of hydrogen-bond acceptors (Lipinski definition) is 4. The van der Waals surface area contributed by atoms with Crippen LogP contribution in [0.15, 0.2) is 12.4 Å². The molecule has 0 amide bonds. The Kier molecular flexibility index (Phi) is 4.32. The fraction of sp³-hybridized carbons (Fsp3) is 0.600. The number of aromatic nitrogens is 2. The summed E-state index contributed by atoms with van der Waals surface area (Å²) in [5, 5.41) is 3.06. The minimum absolute atomic E-state index is 0.475. The maximum Gasteiger partial charge on any atom is 0.222 e. The normalized spacial score (nSPS) is 10.6. The van der Waals surface area contributed by atoms with Crippen molar-refractivity contribution in [3.8, 4) is 0 Å². The highest BCUT2D eigenvalue weighted by Gasteiger charge is 2.00. The van der Waals surface area contributed by atoms with Crippen LogP contribution in [0.4, 0.5) is 5.95 Å². The fourth-order valence-corrected chi connectivity index (χ4v) is 0.992. The molecule has 1 heterocycles. The van der Waals surface area contributed by atoms with Crippen LogP contribution in [-0.4, -0.2) is 30.2 Å². The molecule has 4 heteroatoms. The predicted molar refractivity (Wildman–Crippen MR) is 56.5 cm³/mol. The largest absolute Gasteiger partial charge is 0.383 e. The lowest BCUT2D eigenvalue weighted by atomic mass is 10.1. The van der Waals surface area contributed by atoms with Gasteiger partial charge in [-0.1, -0.05) is 13.8 Å². The minimum atomic E-state index is 0.475. The van der Waals surface area contributed by atoms with Crippen molar-refractivity contribution in [1.82, 2.24) is 9.97 Å². The van der Waals surface area contributed by atoms with Gasteiger partial charge >= 0.3 is 0 Å². The van der Waals surface area contributed by atoms with Crippen LogP contribution >= 0.6 is 0 Å². The van der Waals surface area contributed by atoms with E-state index in [9.17, 15) is 0 Å². The Hall–Kier alpha value is -1.16. The van der Waals surface area contributed by atoms with E-state index >= 15 is 0 Å². The molecule has 0 bridgehead atoms. The number of anilines is 1. The molecule has 0 saturated carbocycles. The maximum atomic E-state index is 4.91. The van der Waals surface area contributed by atoms with Gasteiger partial charge in [-0.3, -0.25) is 0 Å². The van der Waals surface area contributed by atoms with Crippen LogP contribution in [0.1, 0.15) is 25.3 Å². The Morgan fingerprint density at radius 1 is 1.36 bits per heavy atom. The third-order valence-corrected chi connectivity index (χ3v) is 1.93. The SMILES string of the molecule is COCCNc1ncc(C(C)C)cn1. The van der Waals surface area contributed by atoms with Gasteiger partial charge in [-0.25, -0.2) is 9.97 Å². The molecule has 0 aliphatic rings. The first kappa shape index (κ1) is 10.9. The van der Waals surface area contributed by atoms with E-state index in [1.807, 2.05) is 12.4 Å². The second kappa shape index (κ2) is 5.54. The van der Waals surface area contributed by atoms with E-state index in [0.717, 1.165) is 12.1 Å². The second-order valence-corrected chi connectivity index (χ2v) is 3.41. The van der Waals surface area contributed by atoms with Crippen LogP contribution in [0.3, 0.4) is 0 Å². The summed E-state index contributed by atoms with van der Waals surface area (Å²) in [6.45, 7) is 5.64. The lowest BCUT2D eigenvalue weighted by Crippen LogP contribution is -2.10. The standard InChI is InChI=1S/C10H17N3O/c1-8(2)9-6-12-10(13-7-9)11-4-5-14-3/h6-8H,4-5H2,1-3H3,(H,11,12,13). The van der Waals surface area contributed by atoms with Crippen LogP contribution in [0.5, 0.6) is 0 Å². The summed E-state index contributed by atoms with van der Waals surface area (Å²) in [7, 11) is 1.67. The predicted octanol–water partition coefficient (Wildman–Crippen LogP) is 1.66. The molecule has 1 N–H and O–H groups in total. The second-order valence-electron chi connectivity index (χ2n) is 3.41. The Balaban J connectivity index is 2.47. The number of nitrogens with zero attached hydrogens (tertiary/aromatic N) is 2. The molecule has 0 aliphatic carbocycles. The van der Waals surface area contributed by atoms with Crippen LogP contribution in [-0.2, 0) is 4.74 Å². The maximum absolute atomic E-state index is 4.91. The summed E-state index contributed by atoms with van der Waals surface area (Å²) in [4.78, 5) is 8.39. The molecule has 0 fully saturated rings. The molecular formula is C10H17N3O. The highest BCUT2D eigenvalue weighted by atomic mass is 16.5. The smallest absolute Gasteiger partial charge is 0.222 e. The van der Waals surface area contributed by atoms with Crippen molar-refractivity contribution < 1.29 is 4.74 Å². The Labute approximate surface area is 84.7 Å². The molecule has 0 atom stereocenters. The van der Waals surface area contributed by atoms with E-state index in [4.69, 9.17) is 4.74 Å². The number of hydrogen-bond donors (Lipinski definition) is 1. The minimum Gasteiger partial charge on any atom is -0.383 e. The quantitative estimate of drug-likeness (QED) is 0.726. The van der Waals surface area contributed by atoms with E-state index in [1.54, 1.807) is 7.11 Å². The summed E-state index contributed by atoms with van der Waals surface area (Å²) < 4.78 is 4.91. The third-order valence-electron chi connectivity index (χ3n) is 1.93. The fourth-order valence-electron chi connectivity index (χ4n) is 0.992. The zero-order valence-electron chi connectivity index (χ0n) is 8.95. The molecule has 0 spiro atoms. The molecule has 1 aromatic rings. The highest BCUT2D eigenvalue weighted by molar-refractivity contribution is 5.25. The van der Waals surface area contributed by atoms with Crippen LogP contribution < -0.4 is 5.32 Å². The zero-order valence-corrected chi connectivity index (χ0v) is 8.95. The van der Waals surface area contributed by atoms with E-state index in [-0.39, 0.29) is 0 Å². The zero-order chi connectivity index (χ0) is 10.4. The van der Waals surface area contributed by atoms with Gasteiger partial charge < -0.3 is 10.1 Å². The van der Waals surface area contributed by atoms with Crippen LogP contribution in [0, 0.1) is 0 Å². The Bertz CT molecular complexity index is 259. The van der Waals surface area contributed by atoms with Crippen LogP contribution in [0.2, 0.25) is 0 Å². The summed E-state index contributed by atoms with van der Waals surface area (Å²) in [6.07, 6.45) is 3.71. The first-order valence-electron chi connectivity index (χ1n) is 4.78. The summed E-state index contributed by atoms with van der Waals surface area (Å²) in [6, 6.07) is 0. The first-order chi connectivity index (χ1) is 6.74. The molecule has 1 aromatic heterocycles. The third kappa shape index (κ3) is 3.30. The molecule has 0 unspecified atom stereocenters. The number of methoxy groups -OCH3 is 1. The van der Waals surface area contributed by atoms with Gasteiger partial charge in [0, 0.05) is 26.0 Å². The van der Waals surface area contributed by atoms with Gasteiger partial charge in [0.1, 0.15) is 0 Å². The molecular weight excluding hydrogens is 178 g/mol. The van der Waals surface area contributed by atoms with Crippen molar-refractivity contribution in [1.29, 1.82) is 0 Å². The Morgan fingerprint density at radius 2 is 2.00 bits per heavy atom. The monoisotopic (exact) mass is 195 g/mol. The number of ether oxygens (including phenoxy) is 1. The highest BCUT2D eigenvalue weighted by Crippen LogP contribution is 2.11. The molecule has 0 aromatic carbocycles. The van der Waals surface area contributed by atoms with Gasteiger partial charge in [0.25, 0.3) is 0 Å². The van der Waals surface area contributed by atoms with Crippen molar-refractivity contribution in [2.45, 2.75) is 19.8 Å². The lowest BCUT2D eigenvalue weighted by Gasteiger charge is -2.06. The van der Waals surface area contributed by atoms with Crippen molar-refractivity contribution >= 4 is 5.95 Å². The van der Waals surface area contributed by atoms with Gasteiger partial charge in [0.05, 0.1) is 6.61 Å². The van der Waals surface area contributed by atoms with Gasteiger partial charge in [-0.15, -0.1) is 0 Å². The topological polar surface area (TPSA) is 47.0 Å². The van der Waals surface area contributed by atoms with Gasteiger partial charge in [-0.2, -0.15) is 0 Å². The van der Waals surface area contributed by atoms with Crippen molar-refractivity contribution in [2.24, 2.45) is 0 Å². The average Bonchev–Trinajstić information content (AvgIpc) is 2.19. The van der Waals surface area contributed by atoms with Crippen LogP contribution in [0.25, 0.3) is 0 Å².